The zero-order valence-corrected chi connectivity index (χ0v) is 11.7. The van der Waals surface area contributed by atoms with Crippen LogP contribution in [0.2, 0.25) is 0 Å². The van der Waals surface area contributed by atoms with Crippen molar-refractivity contribution in [3.8, 4) is 11.5 Å². The van der Waals surface area contributed by atoms with Crippen LogP contribution in [0.25, 0.3) is 22.4 Å². The highest BCUT2D eigenvalue weighted by Gasteiger charge is 2.09. The summed E-state index contributed by atoms with van der Waals surface area (Å²) < 4.78 is 21.2. The summed E-state index contributed by atoms with van der Waals surface area (Å²) in [6.07, 6.45) is 1.83. The molecule has 0 radical (unpaired) electrons. The van der Waals surface area contributed by atoms with Crippen molar-refractivity contribution in [3.63, 3.8) is 0 Å². The molecule has 2 aromatic carbocycles. The van der Waals surface area contributed by atoms with Gasteiger partial charge in [-0.25, -0.2) is 4.39 Å². The highest BCUT2D eigenvalue weighted by atomic mass is 19.1. The molecule has 3 nitrogen and oxygen atoms in total. The van der Waals surface area contributed by atoms with Gasteiger partial charge >= 0.3 is 0 Å². The molecule has 0 saturated heterocycles. The first kappa shape index (κ1) is 12.8. The third kappa shape index (κ3) is 2.29. The zero-order chi connectivity index (χ0) is 14.9. The normalized spacial score (nSPS) is 11.1. The van der Waals surface area contributed by atoms with Crippen molar-refractivity contribution in [2.24, 2.45) is 0 Å². The molecular formula is C18H13FN2O. The van der Waals surface area contributed by atoms with Gasteiger partial charge in [0.05, 0.1) is 6.54 Å². The van der Waals surface area contributed by atoms with E-state index in [0.29, 0.717) is 17.9 Å². The Morgan fingerprint density at radius 2 is 1.82 bits per heavy atom. The van der Waals surface area contributed by atoms with Crippen LogP contribution in [-0.4, -0.2) is 9.78 Å². The number of nitrogens with zero attached hydrogens (tertiary/aromatic N) is 2. The molecule has 0 aliphatic carbocycles. The Balaban J connectivity index is 1.65. The molecule has 0 aliphatic heterocycles. The molecule has 4 rings (SSSR count). The molecule has 4 heteroatoms. The van der Waals surface area contributed by atoms with E-state index in [9.17, 15) is 4.39 Å². The number of furan rings is 1. The Kier molecular flexibility index (Phi) is 3.00. The average Bonchev–Trinajstić information content (AvgIpc) is 3.15. The number of fused-ring (bicyclic) bond motifs is 1. The smallest absolute Gasteiger partial charge is 0.155 e. The average molecular weight is 292 g/mol. The second-order valence-corrected chi connectivity index (χ2v) is 5.14. The van der Waals surface area contributed by atoms with Crippen LogP contribution in [0.1, 0.15) is 5.56 Å². The molecular weight excluding hydrogens is 279 g/mol. The second-order valence-electron chi connectivity index (χ2n) is 5.14. The summed E-state index contributed by atoms with van der Waals surface area (Å²) in [5.74, 6) is 0.497. The summed E-state index contributed by atoms with van der Waals surface area (Å²) in [6, 6.07) is 18.4. The van der Waals surface area contributed by atoms with Crippen LogP contribution in [0.5, 0.6) is 0 Å². The lowest BCUT2D eigenvalue weighted by molar-refractivity contribution is 0.583. The van der Waals surface area contributed by atoms with Gasteiger partial charge in [-0.3, -0.25) is 4.68 Å². The van der Waals surface area contributed by atoms with Crippen LogP contribution in [0.3, 0.4) is 0 Å². The topological polar surface area (TPSA) is 31.0 Å². The zero-order valence-electron chi connectivity index (χ0n) is 11.7. The molecule has 0 unspecified atom stereocenters. The van der Waals surface area contributed by atoms with Gasteiger partial charge in [0.15, 0.2) is 5.76 Å². The van der Waals surface area contributed by atoms with E-state index in [-0.39, 0.29) is 5.82 Å². The highest BCUT2D eigenvalue weighted by Crippen LogP contribution is 2.26. The highest BCUT2D eigenvalue weighted by molar-refractivity contribution is 5.81. The minimum absolute atomic E-state index is 0.219. The van der Waals surface area contributed by atoms with E-state index in [4.69, 9.17) is 4.42 Å². The number of hydrogen-bond acceptors (Lipinski definition) is 2. The van der Waals surface area contributed by atoms with Crippen molar-refractivity contribution in [1.82, 2.24) is 9.78 Å². The van der Waals surface area contributed by atoms with E-state index in [1.165, 1.54) is 6.07 Å². The third-order valence-corrected chi connectivity index (χ3v) is 3.61. The van der Waals surface area contributed by atoms with Gasteiger partial charge < -0.3 is 4.42 Å². The van der Waals surface area contributed by atoms with Crippen molar-refractivity contribution in [1.29, 1.82) is 0 Å². The standard InChI is InChI=1S/C18H13FN2O/c19-15-7-3-1-6-14(15)12-21-10-9-16(20-21)18-11-13-5-2-4-8-17(13)22-18/h1-11H,12H2. The molecule has 108 valence electrons. The van der Waals surface area contributed by atoms with Crippen molar-refractivity contribution in [2.75, 3.05) is 0 Å². The van der Waals surface area contributed by atoms with Crippen LogP contribution in [0.15, 0.2) is 71.3 Å². The van der Waals surface area contributed by atoms with Gasteiger partial charge in [-0.15, -0.1) is 0 Å². The largest absolute Gasteiger partial charge is 0.454 e. The Bertz CT molecular complexity index is 906. The number of rotatable bonds is 3. The summed E-state index contributed by atoms with van der Waals surface area (Å²) in [4.78, 5) is 0. The Morgan fingerprint density at radius 3 is 2.68 bits per heavy atom. The van der Waals surface area contributed by atoms with Gasteiger partial charge in [0.2, 0.25) is 0 Å². The number of halogens is 1. The molecule has 0 amide bonds. The number of para-hydroxylation sites is 1. The van der Waals surface area contributed by atoms with Crippen molar-refractivity contribution >= 4 is 11.0 Å². The van der Waals surface area contributed by atoms with Crippen molar-refractivity contribution in [3.05, 3.63) is 78.2 Å². The summed E-state index contributed by atoms with van der Waals surface area (Å²) in [6.45, 7) is 0.396. The molecule has 2 aromatic heterocycles. The molecule has 4 aromatic rings. The van der Waals surface area contributed by atoms with Gasteiger partial charge in [-0.1, -0.05) is 36.4 Å². The Hall–Kier alpha value is -2.88. The number of benzene rings is 2. The van der Waals surface area contributed by atoms with E-state index in [1.807, 2.05) is 48.7 Å². The predicted molar refractivity (Wildman–Crippen MR) is 82.9 cm³/mol. The molecule has 0 spiro atoms. The lowest BCUT2D eigenvalue weighted by Gasteiger charge is -2.02. The van der Waals surface area contributed by atoms with E-state index in [0.717, 1.165) is 16.7 Å². The van der Waals surface area contributed by atoms with E-state index in [2.05, 4.69) is 5.10 Å². The van der Waals surface area contributed by atoms with Crippen LogP contribution in [0.4, 0.5) is 4.39 Å². The maximum atomic E-state index is 13.7. The minimum atomic E-state index is -0.219. The van der Waals surface area contributed by atoms with E-state index < -0.39 is 0 Å². The summed E-state index contributed by atoms with van der Waals surface area (Å²) in [5.41, 5.74) is 2.19. The van der Waals surface area contributed by atoms with Crippen LogP contribution in [-0.2, 0) is 6.54 Å². The molecule has 0 bridgehead atoms. The maximum absolute atomic E-state index is 13.7. The predicted octanol–water partition coefficient (Wildman–Crippen LogP) is 4.48. The van der Waals surface area contributed by atoms with Gasteiger partial charge in [-0.2, -0.15) is 5.10 Å². The fourth-order valence-corrected chi connectivity index (χ4v) is 2.49. The molecule has 0 aliphatic rings. The van der Waals surface area contributed by atoms with E-state index >= 15 is 0 Å². The lowest BCUT2D eigenvalue weighted by atomic mass is 10.2. The Morgan fingerprint density at radius 1 is 1.00 bits per heavy atom. The molecule has 0 N–H and O–H groups in total. The van der Waals surface area contributed by atoms with E-state index in [1.54, 1.807) is 16.8 Å². The van der Waals surface area contributed by atoms with Gasteiger partial charge in [0.25, 0.3) is 0 Å². The first-order chi connectivity index (χ1) is 10.8. The fraction of sp³-hybridized carbons (Fsp3) is 0.0556. The quantitative estimate of drug-likeness (QED) is 0.557. The summed E-state index contributed by atoms with van der Waals surface area (Å²) in [7, 11) is 0. The van der Waals surface area contributed by atoms with Gasteiger partial charge in [0.1, 0.15) is 17.1 Å². The molecule has 0 atom stereocenters. The summed E-state index contributed by atoms with van der Waals surface area (Å²) >= 11 is 0. The molecule has 2 heterocycles. The van der Waals surface area contributed by atoms with Gasteiger partial charge in [0, 0.05) is 17.1 Å². The second kappa shape index (κ2) is 5.15. The molecule has 0 fully saturated rings. The van der Waals surface area contributed by atoms with Gasteiger partial charge in [-0.05, 0) is 24.3 Å². The minimum Gasteiger partial charge on any atom is -0.454 e. The van der Waals surface area contributed by atoms with Crippen LogP contribution < -0.4 is 0 Å². The fourth-order valence-electron chi connectivity index (χ4n) is 2.49. The first-order valence-corrected chi connectivity index (χ1v) is 7.05. The SMILES string of the molecule is Fc1ccccc1Cn1ccc(-c2cc3ccccc3o2)n1. The first-order valence-electron chi connectivity index (χ1n) is 7.05. The number of aromatic nitrogens is 2. The van der Waals surface area contributed by atoms with Crippen molar-refractivity contribution in [2.45, 2.75) is 6.54 Å². The van der Waals surface area contributed by atoms with Crippen LogP contribution >= 0.6 is 0 Å². The molecule has 0 saturated carbocycles. The summed E-state index contributed by atoms with van der Waals surface area (Å²) in [5, 5.41) is 5.51. The third-order valence-electron chi connectivity index (χ3n) is 3.61. The van der Waals surface area contributed by atoms with Crippen LogP contribution in [0, 0.1) is 5.82 Å². The molecule has 22 heavy (non-hydrogen) atoms. The maximum Gasteiger partial charge on any atom is 0.155 e. The number of hydrogen-bond donors (Lipinski definition) is 0. The monoisotopic (exact) mass is 292 g/mol. The lowest BCUT2D eigenvalue weighted by Crippen LogP contribution is -2.02. The van der Waals surface area contributed by atoms with Crippen molar-refractivity contribution < 1.29 is 8.81 Å². The Labute approximate surface area is 126 Å².